The molecule has 2 rings (SSSR count). The molecule has 0 spiro atoms. The summed E-state index contributed by atoms with van der Waals surface area (Å²) >= 11 is 5.73. The van der Waals surface area contributed by atoms with Crippen molar-refractivity contribution in [2.75, 3.05) is 12.4 Å². The molecule has 0 bridgehead atoms. The number of nitrogens with zero attached hydrogens (tertiary/aromatic N) is 2. The third-order valence-corrected chi connectivity index (χ3v) is 3.36. The molecule has 2 N–H and O–H groups in total. The summed E-state index contributed by atoms with van der Waals surface area (Å²) in [5.41, 5.74) is -1.34. The number of hydrogen-bond acceptors (Lipinski definition) is 7. The number of non-ortho nitro benzene ring substituents is 1. The maximum absolute atomic E-state index is 12.3. The van der Waals surface area contributed by atoms with Crippen LogP contribution in [0.15, 0.2) is 30.3 Å². The smallest absolute Gasteiger partial charge is 0.313 e. The van der Waals surface area contributed by atoms with E-state index in [0.717, 1.165) is 24.3 Å². The van der Waals surface area contributed by atoms with Gasteiger partial charge in [-0.05, 0) is 12.1 Å². The van der Waals surface area contributed by atoms with E-state index in [-0.39, 0.29) is 22.1 Å². The number of hydrogen-bond donors (Lipinski definition) is 2. The van der Waals surface area contributed by atoms with Crippen LogP contribution in [0, 0.1) is 20.2 Å². The van der Waals surface area contributed by atoms with Gasteiger partial charge < -0.3 is 15.2 Å². The molecule has 0 saturated heterocycles. The monoisotopic (exact) mass is 367 g/mol. The number of ether oxygens (including phenoxy) is 1. The Labute approximate surface area is 144 Å². The normalized spacial score (nSPS) is 10.2. The van der Waals surface area contributed by atoms with Crippen molar-refractivity contribution in [2.24, 2.45) is 0 Å². The quantitative estimate of drug-likeness (QED) is 0.609. The summed E-state index contributed by atoms with van der Waals surface area (Å²) in [6.45, 7) is 0. The number of carbonyl (C=O) groups is 1. The number of carbonyl (C=O) groups excluding carboxylic acids is 1. The first-order chi connectivity index (χ1) is 11.7. The molecule has 0 saturated carbocycles. The van der Waals surface area contributed by atoms with Crippen LogP contribution < -0.4 is 10.1 Å². The molecule has 0 aliphatic carbocycles. The predicted molar refractivity (Wildman–Crippen MR) is 87.4 cm³/mol. The summed E-state index contributed by atoms with van der Waals surface area (Å²) in [4.78, 5) is 32.4. The molecular weight excluding hydrogens is 358 g/mol. The highest BCUT2D eigenvalue weighted by atomic mass is 35.5. The van der Waals surface area contributed by atoms with E-state index >= 15 is 0 Å². The van der Waals surface area contributed by atoms with Gasteiger partial charge >= 0.3 is 5.69 Å². The Hall–Kier alpha value is -3.40. The number of phenolic OH excluding ortho intramolecular Hbond substituents is 1. The summed E-state index contributed by atoms with van der Waals surface area (Å²) in [7, 11) is 1.25. The van der Waals surface area contributed by atoms with Gasteiger partial charge in [-0.3, -0.25) is 25.0 Å². The summed E-state index contributed by atoms with van der Waals surface area (Å²) in [6.07, 6.45) is 0. The Morgan fingerprint density at radius 1 is 1.20 bits per heavy atom. The number of amides is 1. The zero-order valence-electron chi connectivity index (χ0n) is 12.6. The number of rotatable bonds is 5. The third-order valence-electron chi connectivity index (χ3n) is 3.14. The van der Waals surface area contributed by atoms with Gasteiger partial charge in [-0.1, -0.05) is 11.6 Å². The molecule has 0 heterocycles. The van der Waals surface area contributed by atoms with Crippen LogP contribution in [-0.4, -0.2) is 28.0 Å². The lowest BCUT2D eigenvalue weighted by Crippen LogP contribution is -2.13. The minimum Gasteiger partial charge on any atom is -0.502 e. The SMILES string of the molecule is COc1cc([N+](=O)[O-])ccc1NC(=O)c1cc(Cl)cc([N+](=O)[O-])c1O. The average Bonchev–Trinajstić information content (AvgIpc) is 2.56. The van der Waals surface area contributed by atoms with Crippen molar-refractivity contribution in [1.82, 2.24) is 0 Å². The van der Waals surface area contributed by atoms with E-state index in [2.05, 4.69) is 5.32 Å². The number of anilines is 1. The topological polar surface area (TPSA) is 145 Å². The highest BCUT2D eigenvalue weighted by Crippen LogP contribution is 2.35. The molecule has 2 aromatic rings. The fourth-order valence-electron chi connectivity index (χ4n) is 1.98. The molecule has 0 fully saturated rings. The minimum absolute atomic E-state index is 0.00133. The van der Waals surface area contributed by atoms with E-state index < -0.39 is 32.8 Å². The summed E-state index contributed by atoms with van der Waals surface area (Å²) in [5.74, 6) is -1.76. The van der Waals surface area contributed by atoms with Crippen LogP contribution in [0.4, 0.5) is 17.1 Å². The molecule has 11 heteroatoms. The van der Waals surface area contributed by atoms with Crippen molar-refractivity contribution in [1.29, 1.82) is 0 Å². The van der Waals surface area contributed by atoms with Crippen LogP contribution in [0.3, 0.4) is 0 Å². The Bertz CT molecular complexity index is 885. The number of halogens is 1. The van der Waals surface area contributed by atoms with E-state index in [1.807, 2.05) is 0 Å². The van der Waals surface area contributed by atoms with Gasteiger partial charge in [0.25, 0.3) is 11.6 Å². The number of nitrogens with one attached hydrogen (secondary N) is 1. The molecule has 0 aliphatic heterocycles. The first-order valence-corrected chi connectivity index (χ1v) is 6.93. The molecule has 0 atom stereocenters. The molecule has 0 aromatic heterocycles. The lowest BCUT2D eigenvalue weighted by atomic mass is 10.1. The molecule has 10 nitrogen and oxygen atoms in total. The first kappa shape index (κ1) is 17.9. The van der Waals surface area contributed by atoms with Crippen molar-refractivity contribution in [2.45, 2.75) is 0 Å². The summed E-state index contributed by atoms with van der Waals surface area (Å²) in [6, 6.07) is 5.41. The van der Waals surface area contributed by atoms with Crippen molar-refractivity contribution in [3.63, 3.8) is 0 Å². The number of benzene rings is 2. The number of methoxy groups -OCH3 is 1. The largest absolute Gasteiger partial charge is 0.502 e. The van der Waals surface area contributed by atoms with Crippen LogP contribution in [-0.2, 0) is 0 Å². The van der Waals surface area contributed by atoms with Crippen molar-refractivity contribution in [3.05, 3.63) is 61.1 Å². The maximum atomic E-state index is 12.3. The van der Waals surface area contributed by atoms with Crippen molar-refractivity contribution < 1.29 is 24.5 Å². The summed E-state index contributed by atoms with van der Waals surface area (Å²) < 4.78 is 4.97. The standard InChI is InChI=1S/C14H10ClN3O7/c1-25-12-6-8(17(21)22)2-3-10(12)16-14(20)9-4-7(15)5-11(13(9)19)18(23)24/h2-6,19H,1H3,(H,16,20). The van der Waals surface area contributed by atoms with Crippen molar-refractivity contribution in [3.8, 4) is 11.5 Å². The van der Waals surface area contributed by atoms with E-state index in [1.165, 1.54) is 13.2 Å². The molecular formula is C14H10ClN3O7. The lowest BCUT2D eigenvalue weighted by Gasteiger charge is -2.11. The Balaban J connectivity index is 2.41. The Kier molecular flexibility index (Phi) is 5.03. The van der Waals surface area contributed by atoms with Gasteiger partial charge in [-0.15, -0.1) is 0 Å². The number of nitro groups is 2. The highest BCUT2D eigenvalue weighted by Gasteiger charge is 2.24. The second kappa shape index (κ2) is 7.01. The van der Waals surface area contributed by atoms with Crippen LogP contribution in [0.25, 0.3) is 0 Å². The van der Waals surface area contributed by atoms with Crippen LogP contribution in [0.2, 0.25) is 5.02 Å². The van der Waals surface area contributed by atoms with E-state index in [9.17, 15) is 30.1 Å². The lowest BCUT2D eigenvalue weighted by molar-refractivity contribution is -0.385. The van der Waals surface area contributed by atoms with Crippen LogP contribution in [0.1, 0.15) is 10.4 Å². The molecule has 1 amide bonds. The summed E-state index contributed by atoms with van der Waals surface area (Å²) in [5, 5.41) is 33.8. The fraction of sp³-hybridized carbons (Fsp3) is 0.0714. The molecule has 0 aliphatic rings. The number of aromatic hydroxyl groups is 1. The van der Waals surface area contributed by atoms with E-state index in [0.29, 0.717) is 0 Å². The van der Waals surface area contributed by atoms with Crippen molar-refractivity contribution >= 4 is 34.6 Å². The predicted octanol–water partition coefficient (Wildman–Crippen LogP) is 3.12. The number of nitro benzene ring substituents is 2. The van der Waals surface area contributed by atoms with Crippen LogP contribution >= 0.6 is 11.6 Å². The first-order valence-electron chi connectivity index (χ1n) is 6.55. The third kappa shape index (κ3) is 3.75. The second-order valence-corrected chi connectivity index (χ2v) is 5.11. The van der Waals surface area contributed by atoms with Gasteiger partial charge in [0.2, 0.25) is 5.75 Å². The second-order valence-electron chi connectivity index (χ2n) is 4.67. The highest BCUT2D eigenvalue weighted by molar-refractivity contribution is 6.31. The Morgan fingerprint density at radius 2 is 1.88 bits per heavy atom. The van der Waals surface area contributed by atoms with E-state index in [1.54, 1.807) is 0 Å². The molecule has 130 valence electrons. The average molecular weight is 368 g/mol. The van der Waals surface area contributed by atoms with Gasteiger partial charge in [0.15, 0.2) is 0 Å². The zero-order valence-corrected chi connectivity index (χ0v) is 13.3. The maximum Gasteiger partial charge on any atom is 0.313 e. The van der Waals surface area contributed by atoms with Gasteiger partial charge in [0.05, 0.1) is 34.3 Å². The molecule has 2 aromatic carbocycles. The van der Waals surface area contributed by atoms with Gasteiger partial charge in [0.1, 0.15) is 5.75 Å². The van der Waals surface area contributed by atoms with Crippen LogP contribution in [0.5, 0.6) is 11.5 Å². The van der Waals surface area contributed by atoms with Gasteiger partial charge in [0, 0.05) is 17.2 Å². The molecule has 25 heavy (non-hydrogen) atoms. The number of phenols is 1. The molecule has 0 radical (unpaired) electrons. The molecule has 0 unspecified atom stereocenters. The zero-order chi connectivity index (χ0) is 18.7. The van der Waals surface area contributed by atoms with E-state index in [4.69, 9.17) is 16.3 Å². The van der Waals surface area contributed by atoms with Gasteiger partial charge in [-0.25, -0.2) is 0 Å². The Morgan fingerprint density at radius 3 is 2.44 bits per heavy atom. The van der Waals surface area contributed by atoms with Gasteiger partial charge in [-0.2, -0.15) is 0 Å². The minimum atomic E-state index is -0.907. The fourth-order valence-corrected chi connectivity index (χ4v) is 2.20.